The highest BCUT2D eigenvalue weighted by Crippen LogP contribution is 2.15. The van der Waals surface area contributed by atoms with E-state index in [9.17, 15) is 4.79 Å². The summed E-state index contributed by atoms with van der Waals surface area (Å²) < 4.78 is 10.9. The maximum Gasteiger partial charge on any atom is 0.176 e. The van der Waals surface area contributed by atoms with Crippen LogP contribution < -0.4 is 14.8 Å². The Kier molecular flexibility index (Phi) is 6.61. The van der Waals surface area contributed by atoms with Gasteiger partial charge >= 0.3 is 0 Å². The highest BCUT2D eigenvalue weighted by molar-refractivity contribution is 5.97. The summed E-state index contributed by atoms with van der Waals surface area (Å²) in [5.74, 6) is 1.63. The molecule has 0 radical (unpaired) electrons. The Morgan fingerprint density at radius 3 is 2.15 bits per heavy atom. The molecule has 0 saturated carbocycles. The van der Waals surface area contributed by atoms with Crippen molar-refractivity contribution in [1.29, 1.82) is 0 Å². The molecule has 4 nitrogen and oxygen atoms in total. The van der Waals surface area contributed by atoms with Gasteiger partial charge in [-0.15, -0.1) is 0 Å². The summed E-state index contributed by atoms with van der Waals surface area (Å²) >= 11 is 0. The molecule has 0 aliphatic rings. The lowest BCUT2D eigenvalue weighted by molar-refractivity contribution is 0.0990. The van der Waals surface area contributed by atoms with Crippen LogP contribution in [0, 0.1) is 0 Å². The lowest BCUT2D eigenvalue weighted by atomic mass is 10.1. The van der Waals surface area contributed by atoms with E-state index in [1.165, 1.54) is 0 Å². The summed E-state index contributed by atoms with van der Waals surface area (Å²) in [6.45, 7) is 1.43. The van der Waals surface area contributed by atoms with Gasteiger partial charge in [0.25, 0.3) is 0 Å². The third kappa shape index (κ3) is 5.69. The zero-order chi connectivity index (χ0) is 18.9. The lowest BCUT2D eigenvalue weighted by Gasteiger charge is -2.08. The number of ether oxygens (including phenoxy) is 2. The largest absolute Gasteiger partial charge is 0.497 e. The summed E-state index contributed by atoms with van der Waals surface area (Å²) in [6, 6.07) is 25.0. The predicted molar refractivity (Wildman–Crippen MR) is 106 cm³/mol. The van der Waals surface area contributed by atoms with Gasteiger partial charge in [0.05, 0.1) is 13.7 Å². The van der Waals surface area contributed by atoms with Crippen molar-refractivity contribution in [3.05, 3.63) is 95.6 Å². The molecule has 0 atom stereocenters. The molecule has 4 heteroatoms. The van der Waals surface area contributed by atoms with Crippen LogP contribution in [0.5, 0.6) is 11.5 Å². The van der Waals surface area contributed by atoms with Gasteiger partial charge in [0.2, 0.25) is 0 Å². The molecule has 3 aromatic carbocycles. The van der Waals surface area contributed by atoms with Gasteiger partial charge in [-0.2, -0.15) is 0 Å². The second kappa shape index (κ2) is 9.55. The van der Waals surface area contributed by atoms with Gasteiger partial charge in [0.15, 0.2) is 5.78 Å². The zero-order valence-corrected chi connectivity index (χ0v) is 15.4. The first-order valence-electron chi connectivity index (χ1n) is 8.88. The van der Waals surface area contributed by atoms with Crippen LogP contribution in [0.25, 0.3) is 0 Å². The average Bonchev–Trinajstić information content (AvgIpc) is 2.74. The van der Waals surface area contributed by atoms with Gasteiger partial charge in [0, 0.05) is 12.1 Å². The monoisotopic (exact) mass is 361 g/mol. The number of methoxy groups -OCH3 is 1. The third-order valence-corrected chi connectivity index (χ3v) is 4.20. The molecule has 0 aliphatic carbocycles. The molecule has 0 aromatic heterocycles. The van der Waals surface area contributed by atoms with Crippen molar-refractivity contribution in [1.82, 2.24) is 5.32 Å². The highest BCUT2D eigenvalue weighted by atomic mass is 16.5. The maximum atomic E-state index is 12.3. The van der Waals surface area contributed by atoms with Crippen LogP contribution >= 0.6 is 0 Å². The molecule has 3 aromatic rings. The summed E-state index contributed by atoms with van der Waals surface area (Å²) in [7, 11) is 1.64. The van der Waals surface area contributed by atoms with E-state index < -0.39 is 0 Å². The number of carbonyl (C=O) groups excluding carboxylic acids is 1. The number of rotatable bonds is 9. The van der Waals surface area contributed by atoms with Crippen molar-refractivity contribution in [2.24, 2.45) is 0 Å². The molecule has 0 aliphatic heterocycles. The van der Waals surface area contributed by atoms with Crippen molar-refractivity contribution in [2.75, 3.05) is 13.7 Å². The van der Waals surface area contributed by atoms with E-state index in [0.29, 0.717) is 18.7 Å². The van der Waals surface area contributed by atoms with Gasteiger partial charge in [-0.1, -0.05) is 42.5 Å². The molecule has 0 amide bonds. The van der Waals surface area contributed by atoms with E-state index in [1.807, 2.05) is 66.7 Å². The Morgan fingerprint density at radius 1 is 0.815 bits per heavy atom. The van der Waals surface area contributed by atoms with Crippen molar-refractivity contribution in [3.63, 3.8) is 0 Å². The van der Waals surface area contributed by atoms with Crippen LogP contribution in [0.2, 0.25) is 0 Å². The molecule has 3 rings (SSSR count). The summed E-state index contributed by atoms with van der Waals surface area (Å²) in [6.07, 6.45) is 0. The number of hydrogen-bond donors (Lipinski definition) is 1. The second-order valence-corrected chi connectivity index (χ2v) is 6.17. The average molecular weight is 361 g/mol. The molecule has 138 valence electrons. The van der Waals surface area contributed by atoms with Crippen LogP contribution in [0.4, 0.5) is 0 Å². The molecule has 0 spiro atoms. The Hall–Kier alpha value is -3.11. The van der Waals surface area contributed by atoms with Gasteiger partial charge in [0.1, 0.15) is 18.1 Å². The van der Waals surface area contributed by atoms with Crippen LogP contribution in [-0.4, -0.2) is 19.4 Å². The molecule has 0 saturated heterocycles. The van der Waals surface area contributed by atoms with E-state index >= 15 is 0 Å². The SMILES string of the molecule is COc1ccc(CNCC(=O)c2ccc(OCc3ccccc3)cc2)cc1. The smallest absolute Gasteiger partial charge is 0.176 e. The maximum absolute atomic E-state index is 12.3. The predicted octanol–water partition coefficient (Wildman–Crippen LogP) is 4.25. The Bertz CT molecular complexity index is 843. The Morgan fingerprint density at radius 2 is 1.48 bits per heavy atom. The molecule has 0 fully saturated rings. The molecule has 0 bridgehead atoms. The molecule has 1 N–H and O–H groups in total. The Labute approximate surface area is 159 Å². The first kappa shape index (κ1) is 18.7. The fourth-order valence-corrected chi connectivity index (χ4v) is 2.64. The summed E-state index contributed by atoms with van der Waals surface area (Å²) in [5.41, 5.74) is 2.89. The number of nitrogens with one attached hydrogen (secondary N) is 1. The van der Waals surface area contributed by atoms with Gasteiger partial charge in [-0.25, -0.2) is 0 Å². The van der Waals surface area contributed by atoms with Crippen LogP contribution in [-0.2, 0) is 13.2 Å². The number of hydrogen-bond acceptors (Lipinski definition) is 4. The Balaban J connectivity index is 1.45. The van der Waals surface area contributed by atoms with E-state index in [1.54, 1.807) is 19.2 Å². The fourth-order valence-electron chi connectivity index (χ4n) is 2.64. The topological polar surface area (TPSA) is 47.6 Å². The van der Waals surface area contributed by atoms with E-state index in [0.717, 1.165) is 22.6 Å². The number of benzene rings is 3. The van der Waals surface area contributed by atoms with Crippen LogP contribution in [0.1, 0.15) is 21.5 Å². The molecule has 0 heterocycles. The number of ketones is 1. The quantitative estimate of drug-likeness (QED) is 0.579. The third-order valence-electron chi connectivity index (χ3n) is 4.20. The van der Waals surface area contributed by atoms with Gasteiger partial charge < -0.3 is 14.8 Å². The van der Waals surface area contributed by atoms with Crippen molar-refractivity contribution in [3.8, 4) is 11.5 Å². The van der Waals surface area contributed by atoms with E-state index in [-0.39, 0.29) is 12.3 Å². The van der Waals surface area contributed by atoms with Crippen LogP contribution in [0.15, 0.2) is 78.9 Å². The highest BCUT2D eigenvalue weighted by Gasteiger charge is 2.06. The standard InChI is InChI=1S/C23H23NO3/c1-26-21-11-7-18(8-12-21)15-24-16-23(25)20-9-13-22(14-10-20)27-17-19-5-3-2-4-6-19/h2-14,24H,15-17H2,1H3. The van der Waals surface area contributed by atoms with Crippen molar-refractivity contribution in [2.45, 2.75) is 13.2 Å². The summed E-state index contributed by atoms with van der Waals surface area (Å²) in [4.78, 5) is 12.3. The van der Waals surface area contributed by atoms with Gasteiger partial charge in [-0.05, 0) is 47.5 Å². The minimum Gasteiger partial charge on any atom is -0.497 e. The van der Waals surface area contributed by atoms with E-state index in [2.05, 4.69) is 5.32 Å². The molecular weight excluding hydrogens is 338 g/mol. The minimum absolute atomic E-state index is 0.0538. The lowest BCUT2D eigenvalue weighted by Crippen LogP contribution is -2.22. The van der Waals surface area contributed by atoms with Crippen molar-refractivity contribution >= 4 is 5.78 Å². The molecular formula is C23H23NO3. The van der Waals surface area contributed by atoms with Gasteiger partial charge in [-0.3, -0.25) is 4.79 Å². The number of Topliss-reactive ketones (excluding diaryl/α,β-unsaturated/α-hetero) is 1. The van der Waals surface area contributed by atoms with E-state index in [4.69, 9.17) is 9.47 Å². The van der Waals surface area contributed by atoms with Crippen molar-refractivity contribution < 1.29 is 14.3 Å². The fraction of sp³-hybridized carbons (Fsp3) is 0.174. The minimum atomic E-state index is 0.0538. The normalized spacial score (nSPS) is 10.4. The first-order chi connectivity index (χ1) is 13.2. The molecule has 0 unspecified atom stereocenters. The number of carbonyl (C=O) groups is 1. The second-order valence-electron chi connectivity index (χ2n) is 6.17. The summed E-state index contributed by atoms with van der Waals surface area (Å²) in [5, 5.41) is 3.18. The first-order valence-corrected chi connectivity index (χ1v) is 8.88. The zero-order valence-electron chi connectivity index (χ0n) is 15.4. The molecule has 27 heavy (non-hydrogen) atoms. The van der Waals surface area contributed by atoms with Crippen LogP contribution in [0.3, 0.4) is 0 Å².